The van der Waals surface area contributed by atoms with Gasteiger partial charge >= 0.3 is 5.97 Å². The number of benzene rings is 1. The van der Waals surface area contributed by atoms with E-state index < -0.39 is 5.97 Å². The Hall–Kier alpha value is -2.41. The topological polar surface area (TPSA) is 73.7 Å². The number of carboxylic acid groups (broad SMARTS) is 1. The van der Waals surface area contributed by atoms with Crippen molar-refractivity contribution < 1.29 is 14.7 Å². The highest BCUT2D eigenvalue weighted by Crippen LogP contribution is 2.22. The quantitative estimate of drug-likeness (QED) is 0.872. The summed E-state index contributed by atoms with van der Waals surface area (Å²) < 4.78 is 0.773. The van der Waals surface area contributed by atoms with Gasteiger partial charge in [-0.05, 0) is 40.2 Å². The highest BCUT2D eigenvalue weighted by atomic mass is 79.9. The standard InChI is InChI=1S/C17H16BrN3O3/c18-14-6-2-1-4-12(14)16(22)21-10-8-20(9-11-21)15-13(17(23)24)5-3-7-19-15/h1-7H,8-11H2,(H,23,24). The number of rotatable bonds is 3. The lowest BCUT2D eigenvalue weighted by Gasteiger charge is -2.36. The van der Waals surface area contributed by atoms with Crippen LogP contribution in [0.25, 0.3) is 0 Å². The molecular weight excluding hydrogens is 374 g/mol. The summed E-state index contributed by atoms with van der Waals surface area (Å²) in [6.07, 6.45) is 1.58. The van der Waals surface area contributed by atoms with Crippen LogP contribution in [0.2, 0.25) is 0 Å². The van der Waals surface area contributed by atoms with Gasteiger partial charge in [0, 0.05) is 36.8 Å². The fraction of sp³-hybridized carbons (Fsp3) is 0.235. The molecule has 1 amide bonds. The molecule has 3 rings (SSSR count). The molecule has 1 saturated heterocycles. The molecule has 0 unspecified atom stereocenters. The zero-order chi connectivity index (χ0) is 17.1. The average molecular weight is 390 g/mol. The van der Waals surface area contributed by atoms with E-state index in [0.717, 1.165) is 4.47 Å². The van der Waals surface area contributed by atoms with Crippen LogP contribution in [0.1, 0.15) is 20.7 Å². The van der Waals surface area contributed by atoms with Crippen LogP contribution in [-0.4, -0.2) is 53.0 Å². The number of aromatic nitrogens is 1. The summed E-state index contributed by atoms with van der Waals surface area (Å²) in [5.74, 6) is -0.565. The molecule has 6 nitrogen and oxygen atoms in total. The lowest BCUT2D eigenvalue weighted by Crippen LogP contribution is -2.49. The van der Waals surface area contributed by atoms with Crippen LogP contribution >= 0.6 is 15.9 Å². The van der Waals surface area contributed by atoms with Gasteiger partial charge < -0.3 is 14.9 Å². The summed E-state index contributed by atoms with van der Waals surface area (Å²) in [7, 11) is 0. The monoisotopic (exact) mass is 389 g/mol. The number of hydrogen-bond donors (Lipinski definition) is 1. The van der Waals surface area contributed by atoms with E-state index in [1.807, 2.05) is 23.1 Å². The minimum Gasteiger partial charge on any atom is -0.478 e. The van der Waals surface area contributed by atoms with E-state index in [1.54, 1.807) is 29.3 Å². The number of pyridine rings is 1. The lowest BCUT2D eigenvalue weighted by molar-refractivity contribution is 0.0692. The van der Waals surface area contributed by atoms with Crippen LogP contribution in [0.5, 0.6) is 0 Å². The Bertz CT molecular complexity index is 773. The third-order valence-corrected chi connectivity index (χ3v) is 4.68. The number of carboxylic acids is 1. The molecule has 0 bridgehead atoms. The minimum atomic E-state index is -0.996. The number of nitrogens with zero attached hydrogens (tertiary/aromatic N) is 3. The molecule has 1 N–H and O–H groups in total. The Balaban J connectivity index is 1.72. The van der Waals surface area contributed by atoms with E-state index in [2.05, 4.69) is 20.9 Å². The Morgan fingerprint density at radius 1 is 1.00 bits per heavy atom. The van der Waals surface area contributed by atoms with Crippen molar-refractivity contribution in [1.29, 1.82) is 0 Å². The zero-order valence-corrected chi connectivity index (χ0v) is 14.4. The number of carbonyl (C=O) groups excluding carboxylic acids is 1. The van der Waals surface area contributed by atoms with Crippen molar-refractivity contribution in [2.45, 2.75) is 0 Å². The Labute approximate surface area is 147 Å². The third kappa shape index (κ3) is 3.26. The molecule has 1 fully saturated rings. The molecule has 0 saturated carbocycles. The molecule has 24 heavy (non-hydrogen) atoms. The molecular formula is C17H16BrN3O3. The molecule has 1 aliphatic rings. The Morgan fingerprint density at radius 3 is 2.33 bits per heavy atom. The van der Waals surface area contributed by atoms with E-state index in [9.17, 15) is 14.7 Å². The van der Waals surface area contributed by atoms with E-state index >= 15 is 0 Å². The first-order valence-electron chi connectivity index (χ1n) is 7.55. The van der Waals surface area contributed by atoms with E-state index in [0.29, 0.717) is 37.6 Å². The summed E-state index contributed by atoms with van der Waals surface area (Å²) in [5, 5.41) is 9.28. The molecule has 7 heteroatoms. The summed E-state index contributed by atoms with van der Waals surface area (Å²) in [6.45, 7) is 2.15. The summed E-state index contributed by atoms with van der Waals surface area (Å²) in [4.78, 5) is 31.8. The number of anilines is 1. The predicted octanol–water partition coefficient (Wildman–Crippen LogP) is 2.50. The molecule has 1 aromatic carbocycles. The number of carbonyl (C=O) groups is 2. The Morgan fingerprint density at radius 2 is 1.67 bits per heavy atom. The van der Waals surface area contributed by atoms with E-state index in [-0.39, 0.29) is 11.5 Å². The highest BCUT2D eigenvalue weighted by molar-refractivity contribution is 9.10. The minimum absolute atomic E-state index is 0.0263. The molecule has 0 radical (unpaired) electrons. The molecule has 2 aromatic rings. The number of aromatic carboxylic acids is 1. The predicted molar refractivity (Wildman–Crippen MR) is 93.5 cm³/mol. The normalized spacial score (nSPS) is 14.5. The van der Waals surface area contributed by atoms with Crippen LogP contribution in [0, 0.1) is 0 Å². The van der Waals surface area contributed by atoms with Gasteiger partial charge in [-0.25, -0.2) is 9.78 Å². The van der Waals surface area contributed by atoms with Crippen LogP contribution < -0.4 is 4.90 Å². The maximum absolute atomic E-state index is 12.6. The van der Waals surface area contributed by atoms with Crippen LogP contribution in [0.4, 0.5) is 5.82 Å². The van der Waals surface area contributed by atoms with Gasteiger partial charge in [-0.2, -0.15) is 0 Å². The van der Waals surface area contributed by atoms with Gasteiger partial charge in [-0.3, -0.25) is 4.79 Å². The maximum Gasteiger partial charge on any atom is 0.339 e. The first-order chi connectivity index (χ1) is 11.6. The van der Waals surface area contributed by atoms with Crippen molar-refractivity contribution in [3.63, 3.8) is 0 Å². The van der Waals surface area contributed by atoms with Crippen molar-refractivity contribution in [3.8, 4) is 0 Å². The SMILES string of the molecule is O=C(O)c1cccnc1N1CCN(C(=O)c2ccccc2Br)CC1. The molecule has 124 valence electrons. The molecule has 0 aliphatic carbocycles. The van der Waals surface area contributed by atoms with Gasteiger partial charge in [-0.1, -0.05) is 12.1 Å². The van der Waals surface area contributed by atoms with Crippen molar-refractivity contribution in [2.75, 3.05) is 31.1 Å². The fourth-order valence-electron chi connectivity index (χ4n) is 2.74. The molecule has 1 aliphatic heterocycles. The van der Waals surface area contributed by atoms with Crippen LogP contribution in [0.15, 0.2) is 47.1 Å². The number of halogens is 1. The van der Waals surface area contributed by atoms with Crippen molar-refractivity contribution in [2.24, 2.45) is 0 Å². The van der Waals surface area contributed by atoms with Gasteiger partial charge in [0.25, 0.3) is 5.91 Å². The van der Waals surface area contributed by atoms with Gasteiger partial charge in [-0.15, -0.1) is 0 Å². The molecule has 0 atom stereocenters. The Kier molecular flexibility index (Phi) is 4.80. The number of amides is 1. The van der Waals surface area contributed by atoms with Crippen molar-refractivity contribution >= 4 is 33.6 Å². The fourth-order valence-corrected chi connectivity index (χ4v) is 3.20. The second kappa shape index (κ2) is 7.00. The van der Waals surface area contributed by atoms with Crippen molar-refractivity contribution in [1.82, 2.24) is 9.88 Å². The summed E-state index contributed by atoms with van der Waals surface area (Å²) in [6, 6.07) is 10.5. The maximum atomic E-state index is 12.6. The van der Waals surface area contributed by atoms with Gasteiger partial charge in [0.05, 0.1) is 5.56 Å². The van der Waals surface area contributed by atoms with Gasteiger partial charge in [0.15, 0.2) is 0 Å². The largest absolute Gasteiger partial charge is 0.478 e. The first-order valence-corrected chi connectivity index (χ1v) is 8.34. The molecule has 2 heterocycles. The second-order valence-electron chi connectivity index (χ2n) is 5.44. The number of hydrogen-bond acceptors (Lipinski definition) is 4. The van der Waals surface area contributed by atoms with Gasteiger partial charge in [0.2, 0.25) is 0 Å². The first kappa shape index (κ1) is 16.4. The zero-order valence-electron chi connectivity index (χ0n) is 12.9. The number of piperazine rings is 1. The van der Waals surface area contributed by atoms with Crippen molar-refractivity contribution in [3.05, 3.63) is 58.2 Å². The molecule has 1 aromatic heterocycles. The lowest BCUT2D eigenvalue weighted by atomic mass is 10.1. The van der Waals surface area contributed by atoms with Gasteiger partial charge in [0.1, 0.15) is 11.4 Å². The third-order valence-electron chi connectivity index (χ3n) is 3.99. The summed E-state index contributed by atoms with van der Waals surface area (Å²) in [5.41, 5.74) is 0.818. The average Bonchev–Trinajstić information content (AvgIpc) is 2.62. The van der Waals surface area contributed by atoms with Crippen LogP contribution in [0.3, 0.4) is 0 Å². The highest BCUT2D eigenvalue weighted by Gasteiger charge is 2.26. The molecule has 0 spiro atoms. The summed E-state index contributed by atoms with van der Waals surface area (Å²) >= 11 is 3.40. The van der Waals surface area contributed by atoms with E-state index in [1.165, 1.54) is 0 Å². The van der Waals surface area contributed by atoms with Crippen LogP contribution in [-0.2, 0) is 0 Å². The van der Waals surface area contributed by atoms with E-state index in [4.69, 9.17) is 0 Å². The smallest absolute Gasteiger partial charge is 0.339 e. The second-order valence-corrected chi connectivity index (χ2v) is 6.29.